The van der Waals surface area contributed by atoms with E-state index in [2.05, 4.69) is 10.5 Å². The van der Waals surface area contributed by atoms with Crippen molar-refractivity contribution in [3.8, 4) is 0 Å². The minimum atomic E-state index is -3.51. The molecule has 1 aliphatic heterocycles. The molecule has 0 amide bonds. The minimum absolute atomic E-state index is 0.207. The van der Waals surface area contributed by atoms with E-state index in [0.717, 1.165) is 25.9 Å². The zero-order valence-corrected chi connectivity index (χ0v) is 12.5. The summed E-state index contributed by atoms with van der Waals surface area (Å²) < 4.78 is 31.4. The van der Waals surface area contributed by atoms with Crippen LogP contribution in [0.5, 0.6) is 0 Å². The maximum atomic E-state index is 12.5. The van der Waals surface area contributed by atoms with Gasteiger partial charge in [0.25, 0.3) is 0 Å². The highest BCUT2D eigenvalue weighted by molar-refractivity contribution is 7.89. The maximum Gasteiger partial charge on any atom is 0.248 e. The molecule has 108 valence electrons. The number of nitrogens with zero attached hydrogens (tertiary/aromatic N) is 2. The first-order valence-electron chi connectivity index (χ1n) is 6.53. The molecule has 0 aromatic carbocycles. The Balaban J connectivity index is 2.15. The van der Waals surface area contributed by atoms with Gasteiger partial charge in [-0.05, 0) is 45.7 Å². The van der Waals surface area contributed by atoms with Crippen LogP contribution in [0.1, 0.15) is 24.3 Å². The molecule has 1 aliphatic rings. The molecular weight excluding hydrogens is 266 g/mol. The van der Waals surface area contributed by atoms with Gasteiger partial charge in [0.2, 0.25) is 10.0 Å². The second-order valence-corrected chi connectivity index (χ2v) is 7.13. The van der Waals surface area contributed by atoms with Gasteiger partial charge in [-0.25, -0.2) is 12.7 Å². The van der Waals surface area contributed by atoms with Gasteiger partial charge in [0.05, 0.1) is 0 Å². The Morgan fingerprint density at radius 1 is 1.47 bits per heavy atom. The monoisotopic (exact) mass is 287 g/mol. The second kappa shape index (κ2) is 5.60. The third kappa shape index (κ3) is 2.98. The van der Waals surface area contributed by atoms with E-state index < -0.39 is 10.0 Å². The Kier molecular flexibility index (Phi) is 4.27. The Labute approximate surface area is 114 Å². The van der Waals surface area contributed by atoms with Crippen LogP contribution in [0.15, 0.2) is 9.42 Å². The Morgan fingerprint density at radius 3 is 2.74 bits per heavy atom. The summed E-state index contributed by atoms with van der Waals surface area (Å²) in [4.78, 5) is 0.207. The van der Waals surface area contributed by atoms with Crippen LogP contribution in [0.3, 0.4) is 0 Å². The maximum absolute atomic E-state index is 12.5. The van der Waals surface area contributed by atoms with Crippen molar-refractivity contribution >= 4 is 10.0 Å². The van der Waals surface area contributed by atoms with Gasteiger partial charge >= 0.3 is 0 Å². The molecule has 19 heavy (non-hydrogen) atoms. The normalized spacial score (nSPS) is 20.9. The molecule has 0 aliphatic carbocycles. The van der Waals surface area contributed by atoms with Crippen molar-refractivity contribution in [2.75, 3.05) is 26.7 Å². The first-order chi connectivity index (χ1) is 8.93. The average molecular weight is 287 g/mol. The third-order valence-electron chi connectivity index (χ3n) is 3.55. The van der Waals surface area contributed by atoms with E-state index in [-0.39, 0.29) is 4.90 Å². The molecule has 7 heteroatoms. The van der Waals surface area contributed by atoms with Gasteiger partial charge in [0.1, 0.15) is 10.6 Å². The van der Waals surface area contributed by atoms with Gasteiger partial charge in [-0.3, -0.25) is 0 Å². The van der Waals surface area contributed by atoms with Crippen molar-refractivity contribution in [1.82, 2.24) is 14.8 Å². The topological polar surface area (TPSA) is 75.4 Å². The molecule has 0 saturated carbocycles. The first kappa shape index (κ1) is 14.5. The summed E-state index contributed by atoms with van der Waals surface area (Å²) in [6, 6.07) is 0. The molecule has 1 atom stereocenters. The lowest BCUT2D eigenvalue weighted by Crippen LogP contribution is -2.39. The van der Waals surface area contributed by atoms with Crippen LogP contribution in [-0.4, -0.2) is 44.6 Å². The number of aryl methyl sites for hydroxylation is 2. The number of piperidine rings is 1. The lowest BCUT2D eigenvalue weighted by molar-refractivity contribution is 0.314. The van der Waals surface area contributed by atoms with Crippen molar-refractivity contribution in [2.24, 2.45) is 5.92 Å². The van der Waals surface area contributed by atoms with Crippen LogP contribution < -0.4 is 5.32 Å². The molecule has 1 unspecified atom stereocenters. The molecule has 1 fully saturated rings. The van der Waals surface area contributed by atoms with E-state index >= 15 is 0 Å². The van der Waals surface area contributed by atoms with E-state index in [1.54, 1.807) is 20.9 Å². The SMILES string of the molecule is Cc1noc(C)c1S(=O)(=O)N(C)CC1CCCNC1. The van der Waals surface area contributed by atoms with Gasteiger partial charge in [-0.1, -0.05) is 5.16 Å². The summed E-state index contributed by atoms with van der Waals surface area (Å²) in [6.07, 6.45) is 2.17. The molecule has 0 radical (unpaired) electrons. The summed E-state index contributed by atoms with van der Waals surface area (Å²) in [5.41, 5.74) is 0.422. The highest BCUT2D eigenvalue weighted by Gasteiger charge is 2.30. The fraction of sp³-hybridized carbons (Fsp3) is 0.750. The van der Waals surface area contributed by atoms with Gasteiger partial charge in [-0.15, -0.1) is 0 Å². The minimum Gasteiger partial charge on any atom is -0.360 e. The molecule has 2 rings (SSSR count). The third-order valence-corrected chi connectivity index (χ3v) is 5.62. The van der Waals surface area contributed by atoms with Crippen LogP contribution >= 0.6 is 0 Å². The lowest BCUT2D eigenvalue weighted by Gasteiger charge is -2.27. The van der Waals surface area contributed by atoms with Crippen LogP contribution in [0.4, 0.5) is 0 Å². The van der Waals surface area contributed by atoms with Crippen molar-refractivity contribution in [3.63, 3.8) is 0 Å². The van der Waals surface area contributed by atoms with Crippen LogP contribution in [0.25, 0.3) is 0 Å². The summed E-state index contributed by atoms with van der Waals surface area (Å²) >= 11 is 0. The van der Waals surface area contributed by atoms with Gasteiger partial charge < -0.3 is 9.84 Å². The predicted octanol–water partition coefficient (Wildman–Crippen LogP) is 0.912. The number of rotatable bonds is 4. The Hall–Kier alpha value is -0.920. The predicted molar refractivity (Wildman–Crippen MR) is 71.4 cm³/mol. The van der Waals surface area contributed by atoms with Crippen LogP contribution in [0, 0.1) is 19.8 Å². The van der Waals surface area contributed by atoms with E-state index in [0.29, 0.717) is 23.9 Å². The molecule has 1 saturated heterocycles. The smallest absolute Gasteiger partial charge is 0.248 e. The number of hydrogen-bond donors (Lipinski definition) is 1. The summed E-state index contributed by atoms with van der Waals surface area (Å²) in [7, 11) is -1.89. The summed E-state index contributed by atoms with van der Waals surface area (Å²) in [5.74, 6) is 0.722. The van der Waals surface area contributed by atoms with Crippen molar-refractivity contribution in [3.05, 3.63) is 11.5 Å². The zero-order chi connectivity index (χ0) is 14.0. The fourth-order valence-electron chi connectivity index (χ4n) is 2.54. The first-order valence-corrected chi connectivity index (χ1v) is 7.97. The number of nitrogens with one attached hydrogen (secondary N) is 1. The fourth-order valence-corrected chi connectivity index (χ4v) is 4.07. The van der Waals surface area contributed by atoms with Crippen LogP contribution in [-0.2, 0) is 10.0 Å². The van der Waals surface area contributed by atoms with Gasteiger partial charge in [-0.2, -0.15) is 0 Å². The highest BCUT2D eigenvalue weighted by Crippen LogP contribution is 2.23. The van der Waals surface area contributed by atoms with Crippen LogP contribution in [0.2, 0.25) is 0 Å². The van der Waals surface area contributed by atoms with Gasteiger partial charge in [0, 0.05) is 13.6 Å². The Morgan fingerprint density at radius 2 is 2.21 bits per heavy atom. The molecule has 1 N–H and O–H groups in total. The van der Waals surface area contributed by atoms with Crippen molar-refractivity contribution in [1.29, 1.82) is 0 Å². The van der Waals surface area contributed by atoms with Crippen molar-refractivity contribution < 1.29 is 12.9 Å². The summed E-state index contributed by atoms with van der Waals surface area (Å²) in [5, 5.41) is 7.02. The number of hydrogen-bond acceptors (Lipinski definition) is 5. The molecule has 1 aromatic rings. The average Bonchev–Trinajstić information content (AvgIpc) is 2.70. The van der Waals surface area contributed by atoms with E-state index in [4.69, 9.17) is 4.52 Å². The lowest BCUT2D eigenvalue weighted by atomic mass is 10.00. The Bertz CT molecular complexity index is 513. The largest absolute Gasteiger partial charge is 0.360 e. The van der Waals surface area contributed by atoms with Crippen molar-refractivity contribution in [2.45, 2.75) is 31.6 Å². The molecule has 6 nitrogen and oxygen atoms in total. The molecule has 0 spiro atoms. The number of aromatic nitrogens is 1. The molecule has 0 bridgehead atoms. The number of sulfonamides is 1. The molecule has 2 heterocycles. The van der Waals surface area contributed by atoms with E-state index in [1.807, 2.05) is 0 Å². The zero-order valence-electron chi connectivity index (χ0n) is 11.6. The molecular formula is C12H21N3O3S. The summed E-state index contributed by atoms with van der Waals surface area (Å²) in [6.45, 7) is 5.71. The van der Waals surface area contributed by atoms with E-state index in [9.17, 15) is 8.42 Å². The second-order valence-electron chi connectivity index (χ2n) is 5.15. The standard InChI is InChI=1S/C12H21N3O3S/c1-9-12(10(2)18-14-9)19(16,17)15(3)8-11-5-4-6-13-7-11/h11,13H,4-8H2,1-3H3. The van der Waals surface area contributed by atoms with E-state index in [1.165, 1.54) is 4.31 Å². The van der Waals surface area contributed by atoms with Gasteiger partial charge in [0.15, 0.2) is 5.76 Å². The molecule has 1 aromatic heterocycles. The highest BCUT2D eigenvalue weighted by atomic mass is 32.2. The quantitative estimate of drug-likeness (QED) is 0.891.